The van der Waals surface area contributed by atoms with Gasteiger partial charge in [0.1, 0.15) is 5.75 Å². The van der Waals surface area contributed by atoms with Crippen LogP contribution in [0, 0.1) is 0 Å². The quantitative estimate of drug-likeness (QED) is 0.128. The molecule has 2 aromatic carbocycles. The Hall–Kier alpha value is -2.35. The van der Waals surface area contributed by atoms with E-state index >= 15 is 0 Å². The van der Waals surface area contributed by atoms with Crippen LogP contribution in [0.2, 0.25) is 0 Å². The number of allylic oxidation sites excluding steroid dienone is 1. The molecule has 0 bridgehead atoms. The van der Waals surface area contributed by atoms with Gasteiger partial charge in [-0.3, -0.25) is 4.79 Å². The number of aryl methyl sites for hydroxylation is 1. The number of phenolic OH excluding ortho intramolecular Hbond substituents is 1. The lowest BCUT2D eigenvalue weighted by molar-refractivity contribution is 0.104. The van der Waals surface area contributed by atoms with Crippen LogP contribution in [-0.2, 0) is 6.42 Å². The molecule has 1 N–H and O–H groups in total. The molecule has 2 aromatic rings. The van der Waals surface area contributed by atoms with Crippen molar-refractivity contribution >= 4 is 11.9 Å². The second kappa shape index (κ2) is 18.6. The average Bonchev–Trinajstić information content (AvgIpc) is 2.99. The third-order valence-corrected chi connectivity index (χ3v) is 9.96. The molecular formula is C42H66O2. The van der Waals surface area contributed by atoms with E-state index in [1.807, 2.05) is 6.08 Å². The lowest BCUT2D eigenvalue weighted by Crippen LogP contribution is -2.19. The number of ketones is 1. The van der Waals surface area contributed by atoms with E-state index in [9.17, 15) is 9.90 Å². The first kappa shape index (κ1) is 37.8. The highest BCUT2D eigenvalue weighted by Gasteiger charge is 2.34. The number of aromatic hydroxyl groups is 1. The highest BCUT2D eigenvalue weighted by Crippen LogP contribution is 2.49. The van der Waals surface area contributed by atoms with E-state index in [1.54, 1.807) is 0 Å². The molecule has 0 saturated heterocycles. The molecule has 44 heavy (non-hydrogen) atoms. The first-order valence-electron chi connectivity index (χ1n) is 18.3. The molecule has 0 saturated carbocycles. The molecular weight excluding hydrogens is 536 g/mol. The molecule has 0 heterocycles. The zero-order valence-corrected chi connectivity index (χ0v) is 30.4. The monoisotopic (exact) mass is 603 g/mol. The van der Waals surface area contributed by atoms with Crippen molar-refractivity contribution in [2.75, 3.05) is 0 Å². The maximum Gasteiger partial charge on any atom is 0.186 e. The van der Waals surface area contributed by atoms with Crippen LogP contribution in [0.15, 0.2) is 24.3 Å². The highest BCUT2D eigenvalue weighted by molar-refractivity contribution is 6.10. The topological polar surface area (TPSA) is 37.3 Å². The van der Waals surface area contributed by atoms with Crippen LogP contribution in [0.1, 0.15) is 219 Å². The van der Waals surface area contributed by atoms with Crippen molar-refractivity contribution in [2.24, 2.45) is 0 Å². The van der Waals surface area contributed by atoms with Crippen LogP contribution in [0.25, 0.3) is 6.08 Å². The van der Waals surface area contributed by atoms with Gasteiger partial charge in [-0.25, -0.2) is 0 Å². The van der Waals surface area contributed by atoms with Crippen molar-refractivity contribution in [3.05, 3.63) is 68.8 Å². The maximum atomic E-state index is 14.8. The van der Waals surface area contributed by atoms with Crippen molar-refractivity contribution in [3.8, 4) is 5.75 Å². The lowest BCUT2D eigenvalue weighted by Gasteiger charge is -2.33. The van der Waals surface area contributed by atoms with Crippen molar-refractivity contribution in [2.45, 2.75) is 176 Å². The third kappa shape index (κ3) is 9.11. The summed E-state index contributed by atoms with van der Waals surface area (Å²) >= 11 is 0. The van der Waals surface area contributed by atoms with E-state index in [0.29, 0.717) is 11.7 Å². The Kier molecular flexibility index (Phi) is 16.0. The molecule has 0 aromatic heterocycles. The van der Waals surface area contributed by atoms with Gasteiger partial charge in [0, 0.05) is 16.7 Å². The van der Waals surface area contributed by atoms with Crippen LogP contribution in [-0.4, -0.2) is 10.9 Å². The third-order valence-electron chi connectivity index (χ3n) is 9.96. The second-order valence-electron chi connectivity index (χ2n) is 13.8. The SMILES string of the molecule is CCCC(C)c1ccc(CC)cc1/C=C/C(=O)c1c(C(C)CCC)c(C(C)CCC)c(O)c(C(C)CCC)c1C(C)CCC. The predicted octanol–water partition coefficient (Wildman–Crippen LogP) is 13.4. The number of rotatable bonds is 19. The summed E-state index contributed by atoms with van der Waals surface area (Å²) in [5, 5.41) is 12.3. The highest BCUT2D eigenvalue weighted by atomic mass is 16.3. The number of phenols is 1. The van der Waals surface area contributed by atoms with Gasteiger partial charge in [-0.2, -0.15) is 0 Å². The molecule has 0 amide bonds. The Morgan fingerprint density at radius 3 is 1.45 bits per heavy atom. The average molecular weight is 603 g/mol. The first-order chi connectivity index (χ1) is 21.0. The van der Waals surface area contributed by atoms with Crippen LogP contribution >= 0.6 is 0 Å². The Morgan fingerprint density at radius 1 is 0.636 bits per heavy atom. The van der Waals surface area contributed by atoms with Gasteiger partial charge in [0.15, 0.2) is 5.78 Å². The largest absolute Gasteiger partial charge is 0.507 e. The lowest BCUT2D eigenvalue weighted by atomic mass is 9.72. The molecule has 0 aliphatic carbocycles. The van der Waals surface area contributed by atoms with Crippen LogP contribution in [0.5, 0.6) is 5.75 Å². The fourth-order valence-electron chi connectivity index (χ4n) is 7.69. The molecule has 0 aliphatic rings. The minimum Gasteiger partial charge on any atom is -0.507 e. The summed E-state index contributed by atoms with van der Waals surface area (Å²) in [7, 11) is 0. The fourth-order valence-corrected chi connectivity index (χ4v) is 7.69. The Bertz CT molecular complexity index is 1170. The summed E-state index contributed by atoms with van der Waals surface area (Å²) in [6.45, 7) is 24.7. The number of carbonyl (C=O) groups excluding carboxylic acids is 1. The summed E-state index contributed by atoms with van der Waals surface area (Å²) in [6.07, 6.45) is 15.4. The zero-order valence-electron chi connectivity index (χ0n) is 30.4. The maximum absolute atomic E-state index is 14.8. The van der Waals surface area contributed by atoms with E-state index < -0.39 is 0 Å². The van der Waals surface area contributed by atoms with Gasteiger partial charge in [0.2, 0.25) is 0 Å². The molecule has 0 fully saturated rings. The standard InChI is InChI=1S/C42H66O2/c1-12-18-28(7)35-25-23-33(17-6)27-34(35)24-26-36(43)41-37(29(8)19-13-2)39(31(10)21-15-4)42(44)40(32(11)22-16-5)38(41)30(9)20-14-3/h23-32,44H,12-22H2,1-11H3/b26-24+. The van der Waals surface area contributed by atoms with Crippen molar-refractivity contribution in [1.82, 2.24) is 0 Å². The number of hydrogen-bond donors (Lipinski definition) is 1. The van der Waals surface area contributed by atoms with Crippen LogP contribution in [0.4, 0.5) is 0 Å². The minimum atomic E-state index is 0.104. The normalized spacial score (nSPS) is 15.3. The zero-order chi connectivity index (χ0) is 33.0. The predicted molar refractivity (Wildman–Crippen MR) is 194 cm³/mol. The summed E-state index contributed by atoms with van der Waals surface area (Å²) in [6, 6.07) is 6.81. The Balaban J connectivity index is 3.03. The molecule has 5 unspecified atom stereocenters. The van der Waals surface area contributed by atoms with E-state index in [-0.39, 0.29) is 29.5 Å². The van der Waals surface area contributed by atoms with Crippen molar-refractivity contribution < 1.29 is 9.90 Å². The second-order valence-corrected chi connectivity index (χ2v) is 13.8. The van der Waals surface area contributed by atoms with Gasteiger partial charge in [-0.1, -0.05) is 133 Å². The van der Waals surface area contributed by atoms with E-state index in [2.05, 4.69) is 100 Å². The van der Waals surface area contributed by atoms with E-state index in [0.717, 1.165) is 98.4 Å². The molecule has 2 rings (SSSR count). The number of benzene rings is 2. The van der Waals surface area contributed by atoms with E-state index in [4.69, 9.17) is 0 Å². The number of hydrogen-bond acceptors (Lipinski definition) is 2. The summed E-state index contributed by atoms with van der Waals surface area (Å²) in [5.41, 5.74) is 9.01. The van der Waals surface area contributed by atoms with Gasteiger partial charge < -0.3 is 5.11 Å². The first-order valence-corrected chi connectivity index (χ1v) is 18.3. The van der Waals surface area contributed by atoms with Crippen molar-refractivity contribution in [1.29, 1.82) is 0 Å². The molecule has 0 radical (unpaired) electrons. The number of carbonyl (C=O) groups is 1. The Labute approximate surface area is 272 Å². The van der Waals surface area contributed by atoms with E-state index in [1.165, 1.54) is 16.7 Å². The van der Waals surface area contributed by atoms with Gasteiger partial charge in [0.05, 0.1) is 0 Å². The molecule has 2 nitrogen and oxygen atoms in total. The molecule has 0 spiro atoms. The van der Waals surface area contributed by atoms with Gasteiger partial charge in [0.25, 0.3) is 0 Å². The molecule has 2 heteroatoms. The summed E-state index contributed by atoms with van der Waals surface area (Å²) < 4.78 is 0. The summed E-state index contributed by atoms with van der Waals surface area (Å²) in [5.74, 6) is 1.80. The van der Waals surface area contributed by atoms with Gasteiger partial charge in [-0.05, 0) is 102 Å². The van der Waals surface area contributed by atoms with Crippen molar-refractivity contribution in [3.63, 3.8) is 0 Å². The molecule has 0 aliphatic heterocycles. The molecule has 5 atom stereocenters. The summed E-state index contributed by atoms with van der Waals surface area (Å²) in [4.78, 5) is 14.8. The smallest absolute Gasteiger partial charge is 0.186 e. The molecule has 246 valence electrons. The van der Waals surface area contributed by atoms with Gasteiger partial charge in [-0.15, -0.1) is 0 Å². The fraction of sp³-hybridized carbons (Fsp3) is 0.643. The van der Waals surface area contributed by atoms with Crippen LogP contribution in [0.3, 0.4) is 0 Å². The Morgan fingerprint density at radius 2 is 1.05 bits per heavy atom. The van der Waals surface area contributed by atoms with Crippen LogP contribution < -0.4 is 0 Å². The minimum absolute atomic E-state index is 0.104. The van der Waals surface area contributed by atoms with Gasteiger partial charge >= 0.3 is 0 Å².